The molecular formula is C19H20BrN5O2. The molecule has 1 N–H and O–H groups in total. The third-order valence-electron chi connectivity index (χ3n) is 4.96. The average Bonchev–Trinajstić information content (AvgIpc) is 3.23. The Bertz CT molecular complexity index is 952. The van der Waals surface area contributed by atoms with Crippen molar-refractivity contribution in [1.29, 1.82) is 0 Å². The van der Waals surface area contributed by atoms with E-state index < -0.39 is 0 Å². The molecule has 1 aliphatic rings. The first-order valence-corrected chi connectivity index (χ1v) is 9.73. The van der Waals surface area contributed by atoms with Crippen LogP contribution in [0.5, 0.6) is 0 Å². The Morgan fingerprint density at radius 3 is 2.78 bits per heavy atom. The number of rotatable bonds is 4. The van der Waals surface area contributed by atoms with E-state index in [1.54, 1.807) is 30.4 Å². The number of hydrogen-bond donors (Lipinski definition) is 1. The molecule has 0 unspecified atom stereocenters. The molecule has 140 valence electrons. The van der Waals surface area contributed by atoms with E-state index in [9.17, 15) is 4.79 Å². The number of benzene rings is 1. The lowest BCUT2D eigenvalue weighted by molar-refractivity contribution is 0.0598. The van der Waals surface area contributed by atoms with Gasteiger partial charge in [0.25, 0.3) is 5.91 Å². The molecule has 27 heavy (non-hydrogen) atoms. The van der Waals surface area contributed by atoms with Crippen LogP contribution in [0.2, 0.25) is 0 Å². The van der Waals surface area contributed by atoms with Crippen LogP contribution in [0.4, 0.5) is 0 Å². The second-order valence-electron chi connectivity index (χ2n) is 6.66. The summed E-state index contributed by atoms with van der Waals surface area (Å²) in [4.78, 5) is 26.2. The molecular weight excluding hydrogens is 410 g/mol. The van der Waals surface area contributed by atoms with Crippen LogP contribution in [0.3, 0.4) is 0 Å². The molecule has 1 aliphatic carbocycles. The summed E-state index contributed by atoms with van der Waals surface area (Å²) in [7, 11) is 1.74. The van der Waals surface area contributed by atoms with Gasteiger partial charge in [-0.3, -0.25) is 9.36 Å². The molecule has 1 amide bonds. The fraction of sp³-hybridized carbons (Fsp3) is 0.368. The van der Waals surface area contributed by atoms with Crippen LogP contribution in [0, 0.1) is 0 Å². The van der Waals surface area contributed by atoms with Gasteiger partial charge in [-0.1, -0.05) is 12.1 Å². The van der Waals surface area contributed by atoms with Crippen LogP contribution in [0.15, 0.2) is 41.4 Å². The molecule has 0 radical (unpaired) electrons. The molecule has 2 aromatic heterocycles. The highest BCUT2D eigenvalue weighted by molar-refractivity contribution is 9.10. The maximum absolute atomic E-state index is 13.0. The van der Waals surface area contributed by atoms with Crippen molar-refractivity contribution >= 4 is 32.7 Å². The van der Waals surface area contributed by atoms with Crippen LogP contribution in [0.25, 0.3) is 16.9 Å². The van der Waals surface area contributed by atoms with Crippen LogP contribution >= 0.6 is 15.9 Å². The summed E-state index contributed by atoms with van der Waals surface area (Å²) in [6, 6.07) is 5.79. The summed E-state index contributed by atoms with van der Waals surface area (Å²) in [6.07, 6.45) is 9.05. The van der Waals surface area contributed by atoms with Crippen LogP contribution < -0.4 is 5.32 Å². The molecule has 7 nitrogen and oxygen atoms in total. The highest BCUT2D eigenvalue weighted by Gasteiger charge is 2.24. The van der Waals surface area contributed by atoms with Crippen LogP contribution in [-0.4, -0.2) is 44.7 Å². The summed E-state index contributed by atoms with van der Waals surface area (Å²) in [6.45, 7) is 0. The van der Waals surface area contributed by atoms with Crippen molar-refractivity contribution in [2.24, 2.45) is 0 Å². The zero-order valence-corrected chi connectivity index (χ0v) is 16.5. The van der Waals surface area contributed by atoms with Crippen molar-refractivity contribution in [2.75, 3.05) is 7.11 Å². The van der Waals surface area contributed by atoms with Gasteiger partial charge in [-0.15, -0.1) is 0 Å². The normalized spacial score (nSPS) is 19.9. The van der Waals surface area contributed by atoms with Gasteiger partial charge < -0.3 is 10.1 Å². The minimum absolute atomic E-state index is 0.137. The van der Waals surface area contributed by atoms with Crippen molar-refractivity contribution in [3.63, 3.8) is 0 Å². The Kier molecular flexibility index (Phi) is 5.18. The van der Waals surface area contributed by atoms with Gasteiger partial charge in [-0.05, 0) is 47.7 Å². The molecule has 0 atom stereocenters. The first-order chi connectivity index (χ1) is 13.2. The Labute approximate surface area is 165 Å². The van der Waals surface area contributed by atoms with Crippen LogP contribution in [0.1, 0.15) is 36.2 Å². The lowest BCUT2D eigenvalue weighted by Gasteiger charge is -2.28. The number of fused-ring (bicyclic) bond motifs is 1. The van der Waals surface area contributed by atoms with Crippen molar-refractivity contribution < 1.29 is 9.53 Å². The third-order valence-corrected chi connectivity index (χ3v) is 5.60. The largest absolute Gasteiger partial charge is 0.381 e. The first kappa shape index (κ1) is 18.1. The SMILES string of the molecule is COC1CCC(NC(=O)c2nc(-n3ccnc3)nc3c(Br)cccc23)CC1. The number of para-hydroxylation sites is 1. The van der Waals surface area contributed by atoms with Gasteiger partial charge >= 0.3 is 0 Å². The molecule has 0 spiro atoms. The number of imidazole rings is 1. The zero-order chi connectivity index (χ0) is 18.8. The second-order valence-corrected chi connectivity index (χ2v) is 7.52. The zero-order valence-electron chi connectivity index (χ0n) is 14.9. The molecule has 0 saturated heterocycles. The number of carbonyl (C=O) groups excluding carboxylic acids is 1. The molecule has 0 bridgehead atoms. The van der Waals surface area contributed by atoms with E-state index in [-0.39, 0.29) is 11.9 Å². The minimum Gasteiger partial charge on any atom is -0.381 e. The number of aromatic nitrogens is 4. The Balaban J connectivity index is 1.67. The topological polar surface area (TPSA) is 81.9 Å². The number of amides is 1. The number of hydrogen-bond acceptors (Lipinski definition) is 5. The highest BCUT2D eigenvalue weighted by atomic mass is 79.9. The molecule has 1 saturated carbocycles. The average molecular weight is 430 g/mol. The molecule has 1 aromatic carbocycles. The van der Waals surface area contributed by atoms with Gasteiger partial charge in [0.2, 0.25) is 5.95 Å². The van der Waals surface area contributed by atoms with Gasteiger partial charge in [0.1, 0.15) is 12.0 Å². The van der Waals surface area contributed by atoms with Gasteiger partial charge in [0.05, 0.1) is 11.6 Å². The standard InChI is InChI=1S/C19H20BrN5O2/c1-27-13-7-5-12(6-8-13)22-18(26)17-14-3-2-4-15(20)16(14)23-19(24-17)25-10-9-21-11-25/h2-4,9-13H,5-8H2,1H3,(H,22,26). The molecule has 1 fully saturated rings. The lowest BCUT2D eigenvalue weighted by atomic mass is 9.93. The van der Waals surface area contributed by atoms with Gasteiger partial charge in [0.15, 0.2) is 0 Å². The maximum atomic E-state index is 13.0. The lowest BCUT2D eigenvalue weighted by Crippen LogP contribution is -2.39. The Morgan fingerprint density at radius 2 is 2.07 bits per heavy atom. The molecule has 3 aromatic rings. The highest BCUT2D eigenvalue weighted by Crippen LogP contribution is 2.26. The molecule has 8 heteroatoms. The van der Waals surface area contributed by atoms with Crippen molar-refractivity contribution in [3.8, 4) is 5.95 Å². The van der Waals surface area contributed by atoms with E-state index in [4.69, 9.17) is 4.74 Å². The number of nitrogens with one attached hydrogen (secondary N) is 1. The predicted molar refractivity (Wildman–Crippen MR) is 105 cm³/mol. The number of ether oxygens (including phenoxy) is 1. The van der Waals surface area contributed by atoms with E-state index in [1.807, 2.05) is 18.2 Å². The van der Waals surface area contributed by atoms with E-state index in [0.717, 1.165) is 35.5 Å². The maximum Gasteiger partial charge on any atom is 0.270 e. The number of methoxy groups -OCH3 is 1. The number of halogens is 1. The smallest absolute Gasteiger partial charge is 0.270 e. The summed E-state index contributed by atoms with van der Waals surface area (Å²) in [5.41, 5.74) is 1.07. The van der Waals surface area contributed by atoms with Gasteiger partial charge in [0, 0.05) is 35.4 Å². The Morgan fingerprint density at radius 1 is 1.26 bits per heavy atom. The molecule has 4 rings (SSSR count). The fourth-order valence-corrected chi connectivity index (χ4v) is 3.92. The number of nitrogens with zero attached hydrogens (tertiary/aromatic N) is 4. The van der Waals surface area contributed by atoms with E-state index in [2.05, 4.69) is 36.2 Å². The Hall–Kier alpha value is -2.32. The van der Waals surface area contributed by atoms with Crippen LogP contribution in [-0.2, 0) is 4.74 Å². The van der Waals surface area contributed by atoms with Crippen molar-refractivity contribution in [1.82, 2.24) is 24.8 Å². The quantitative estimate of drug-likeness (QED) is 0.687. The van der Waals surface area contributed by atoms with E-state index in [1.165, 1.54) is 0 Å². The summed E-state index contributed by atoms with van der Waals surface area (Å²) >= 11 is 3.53. The van der Waals surface area contributed by atoms with E-state index >= 15 is 0 Å². The minimum atomic E-state index is -0.178. The first-order valence-electron chi connectivity index (χ1n) is 8.94. The fourth-order valence-electron chi connectivity index (χ4n) is 3.47. The third kappa shape index (κ3) is 3.72. The van der Waals surface area contributed by atoms with Crippen molar-refractivity contribution in [2.45, 2.75) is 37.8 Å². The molecule has 2 heterocycles. The summed E-state index contributed by atoms with van der Waals surface area (Å²) in [5, 5.41) is 3.86. The monoisotopic (exact) mass is 429 g/mol. The predicted octanol–water partition coefficient (Wildman–Crippen LogP) is 3.27. The second kappa shape index (κ2) is 7.74. The summed E-state index contributed by atoms with van der Waals surface area (Å²) < 4.78 is 7.92. The summed E-state index contributed by atoms with van der Waals surface area (Å²) in [5.74, 6) is 0.239. The number of carbonyl (C=O) groups is 1. The van der Waals surface area contributed by atoms with Crippen molar-refractivity contribution in [3.05, 3.63) is 47.1 Å². The van der Waals surface area contributed by atoms with Gasteiger partial charge in [-0.25, -0.2) is 15.0 Å². The van der Waals surface area contributed by atoms with Gasteiger partial charge in [-0.2, -0.15) is 0 Å². The van der Waals surface area contributed by atoms with E-state index in [0.29, 0.717) is 23.3 Å². The molecule has 0 aliphatic heterocycles.